The van der Waals surface area contributed by atoms with Crippen molar-refractivity contribution in [1.82, 2.24) is 14.7 Å². The summed E-state index contributed by atoms with van der Waals surface area (Å²) in [4.78, 5) is 39.6. The molecular formula is C13H23N3O5. The molecule has 1 saturated heterocycles. The Hall–Kier alpha value is -1.67. The van der Waals surface area contributed by atoms with Gasteiger partial charge in [-0.3, -0.25) is 14.4 Å². The Labute approximate surface area is 124 Å². The van der Waals surface area contributed by atoms with Crippen molar-refractivity contribution in [3.05, 3.63) is 0 Å². The van der Waals surface area contributed by atoms with E-state index in [1.54, 1.807) is 19.1 Å². The number of rotatable bonds is 7. The van der Waals surface area contributed by atoms with Crippen LogP contribution in [0.3, 0.4) is 0 Å². The molecule has 0 aromatic carbocycles. The summed E-state index contributed by atoms with van der Waals surface area (Å²) in [7, 11) is 3.08. The van der Waals surface area contributed by atoms with Crippen molar-refractivity contribution >= 4 is 18.2 Å². The number of hydrogen-bond acceptors (Lipinski definition) is 5. The fraction of sp³-hybridized carbons (Fsp3) is 0.769. The van der Waals surface area contributed by atoms with Crippen molar-refractivity contribution in [2.24, 2.45) is 0 Å². The fourth-order valence-corrected chi connectivity index (χ4v) is 2.02. The van der Waals surface area contributed by atoms with Gasteiger partial charge in [0.1, 0.15) is 0 Å². The molecule has 21 heavy (non-hydrogen) atoms. The highest BCUT2D eigenvalue weighted by molar-refractivity contribution is 6.34. The van der Waals surface area contributed by atoms with E-state index in [9.17, 15) is 14.4 Å². The quantitative estimate of drug-likeness (QED) is 0.418. The molecule has 0 aromatic heterocycles. The summed E-state index contributed by atoms with van der Waals surface area (Å²) in [5.41, 5.74) is 0. The molecule has 0 spiro atoms. The zero-order chi connectivity index (χ0) is 15.7. The van der Waals surface area contributed by atoms with Gasteiger partial charge in [-0.05, 0) is 0 Å². The Balaban J connectivity index is 2.56. The summed E-state index contributed by atoms with van der Waals surface area (Å²) >= 11 is 0. The van der Waals surface area contributed by atoms with Crippen LogP contribution in [-0.2, 0) is 23.9 Å². The third-order valence-electron chi connectivity index (χ3n) is 3.35. The minimum absolute atomic E-state index is 0.346. The van der Waals surface area contributed by atoms with Crippen LogP contribution >= 0.6 is 0 Å². The van der Waals surface area contributed by atoms with Crippen molar-refractivity contribution < 1.29 is 23.9 Å². The van der Waals surface area contributed by atoms with Crippen molar-refractivity contribution in [2.45, 2.75) is 0 Å². The van der Waals surface area contributed by atoms with Crippen molar-refractivity contribution in [2.75, 3.05) is 66.7 Å². The number of carbonyl (C=O) groups is 3. The Morgan fingerprint density at radius 2 is 1.57 bits per heavy atom. The molecule has 0 aromatic rings. The van der Waals surface area contributed by atoms with E-state index in [-0.39, 0.29) is 0 Å². The highest BCUT2D eigenvalue weighted by Gasteiger charge is 2.29. The third kappa shape index (κ3) is 5.31. The zero-order valence-electron chi connectivity index (χ0n) is 12.6. The van der Waals surface area contributed by atoms with E-state index in [1.807, 2.05) is 0 Å². The predicted molar refractivity (Wildman–Crippen MR) is 74.5 cm³/mol. The summed E-state index contributed by atoms with van der Waals surface area (Å²) in [6.07, 6.45) is 0.757. The fourth-order valence-electron chi connectivity index (χ4n) is 2.02. The van der Waals surface area contributed by atoms with Crippen LogP contribution in [0.5, 0.6) is 0 Å². The van der Waals surface area contributed by atoms with Gasteiger partial charge in [0.15, 0.2) is 0 Å². The van der Waals surface area contributed by atoms with Crippen LogP contribution in [-0.4, -0.2) is 99.6 Å². The molecule has 0 aliphatic carbocycles. The van der Waals surface area contributed by atoms with Crippen molar-refractivity contribution in [1.29, 1.82) is 0 Å². The normalized spacial score (nSPS) is 15.0. The maximum Gasteiger partial charge on any atom is 0.312 e. The molecule has 1 heterocycles. The molecule has 1 aliphatic heterocycles. The smallest absolute Gasteiger partial charge is 0.312 e. The lowest BCUT2D eigenvalue weighted by atomic mass is 10.3. The van der Waals surface area contributed by atoms with E-state index in [0.29, 0.717) is 52.5 Å². The minimum atomic E-state index is -0.552. The molecule has 0 bridgehead atoms. The number of nitrogens with zero attached hydrogens (tertiary/aromatic N) is 3. The summed E-state index contributed by atoms with van der Waals surface area (Å²) in [5.74, 6) is -1.09. The number of methoxy groups -OCH3 is 2. The minimum Gasteiger partial charge on any atom is -0.383 e. The topological polar surface area (TPSA) is 79.4 Å². The van der Waals surface area contributed by atoms with Gasteiger partial charge in [0.05, 0.1) is 13.2 Å². The first-order valence-electron chi connectivity index (χ1n) is 6.89. The van der Waals surface area contributed by atoms with Gasteiger partial charge in [0.2, 0.25) is 6.41 Å². The van der Waals surface area contributed by atoms with Gasteiger partial charge >= 0.3 is 11.8 Å². The number of amides is 3. The first-order chi connectivity index (χ1) is 10.1. The van der Waals surface area contributed by atoms with Gasteiger partial charge in [0.25, 0.3) is 0 Å². The number of hydrogen-bond donors (Lipinski definition) is 0. The van der Waals surface area contributed by atoms with Gasteiger partial charge in [0, 0.05) is 53.5 Å². The van der Waals surface area contributed by atoms with E-state index in [2.05, 4.69) is 0 Å². The molecule has 3 amide bonds. The van der Waals surface area contributed by atoms with E-state index < -0.39 is 11.8 Å². The van der Waals surface area contributed by atoms with Crippen LogP contribution < -0.4 is 0 Å². The summed E-state index contributed by atoms with van der Waals surface area (Å²) in [6.45, 7) is 3.09. The molecule has 8 heteroatoms. The lowest BCUT2D eigenvalue weighted by Gasteiger charge is -2.33. The molecule has 0 N–H and O–H groups in total. The molecule has 1 aliphatic rings. The van der Waals surface area contributed by atoms with E-state index in [4.69, 9.17) is 9.47 Å². The molecule has 0 saturated carbocycles. The zero-order valence-corrected chi connectivity index (χ0v) is 12.6. The molecule has 8 nitrogen and oxygen atoms in total. The van der Waals surface area contributed by atoms with E-state index >= 15 is 0 Å². The molecular weight excluding hydrogens is 278 g/mol. The van der Waals surface area contributed by atoms with Gasteiger partial charge < -0.3 is 24.2 Å². The predicted octanol–water partition coefficient (Wildman–Crippen LogP) is -1.59. The summed E-state index contributed by atoms with van der Waals surface area (Å²) in [6, 6.07) is 0. The molecule has 1 fully saturated rings. The number of carbonyl (C=O) groups excluding carboxylic acids is 3. The van der Waals surface area contributed by atoms with Crippen LogP contribution in [0, 0.1) is 0 Å². The molecule has 0 radical (unpaired) electrons. The first-order valence-corrected chi connectivity index (χ1v) is 6.89. The van der Waals surface area contributed by atoms with E-state index in [0.717, 1.165) is 6.41 Å². The maximum absolute atomic E-state index is 12.2. The second-order valence-corrected chi connectivity index (χ2v) is 4.71. The standard InChI is InChI=1S/C13H23N3O5/c1-20-9-7-16(8-10-21-2)13(19)12(18)15-5-3-14(11-17)4-6-15/h11H,3-10H2,1-2H3. The second-order valence-electron chi connectivity index (χ2n) is 4.71. The van der Waals surface area contributed by atoms with Gasteiger partial charge in [-0.2, -0.15) is 0 Å². The number of piperazine rings is 1. The van der Waals surface area contributed by atoms with Gasteiger partial charge in [-0.15, -0.1) is 0 Å². The first kappa shape index (κ1) is 17.4. The van der Waals surface area contributed by atoms with Crippen molar-refractivity contribution in [3.63, 3.8) is 0 Å². The lowest BCUT2D eigenvalue weighted by molar-refractivity contribution is -0.153. The Morgan fingerprint density at radius 3 is 2.00 bits per heavy atom. The Bertz CT molecular complexity index is 348. The highest BCUT2D eigenvalue weighted by Crippen LogP contribution is 2.03. The van der Waals surface area contributed by atoms with Crippen LogP contribution in [0.2, 0.25) is 0 Å². The molecule has 0 atom stereocenters. The average Bonchev–Trinajstić information content (AvgIpc) is 2.54. The largest absolute Gasteiger partial charge is 0.383 e. The summed E-state index contributed by atoms with van der Waals surface area (Å²) < 4.78 is 9.90. The van der Waals surface area contributed by atoms with Gasteiger partial charge in [-0.25, -0.2) is 0 Å². The highest BCUT2D eigenvalue weighted by atomic mass is 16.5. The van der Waals surface area contributed by atoms with Crippen LogP contribution in [0.4, 0.5) is 0 Å². The maximum atomic E-state index is 12.2. The monoisotopic (exact) mass is 301 g/mol. The lowest BCUT2D eigenvalue weighted by Crippen LogP contribution is -2.53. The Morgan fingerprint density at radius 1 is 1.05 bits per heavy atom. The Kier molecular flexibility index (Phi) is 7.70. The molecule has 0 unspecified atom stereocenters. The molecule has 120 valence electrons. The second kappa shape index (κ2) is 9.30. The van der Waals surface area contributed by atoms with Crippen LogP contribution in [0.1, 0.15) is 0 Å². The summed E-state index contributed by atoms with van der Waals surface area (Å²) in [5, 5.41) is 0. The van der Waals surface area contributed by atoms with E-state index in [1.165, 1.54) is 9.80 Å². The van der Waals surface area contributed by atoms with Crippen molar-refractivity contribution in [3.8, 4) is 0 Å². The molecule has 1 rings (SSSR count). The van der Waals surface area contributed by atoms with Gasteiger partial charge in [-0.1, -0.05) is 0 Å². The van der Waals surface area contributed by atoms with Crippen LogP contribution in [0.15, 0.2) is 0 Å². The number of ether oxygens (including phenoxy) is 2. The average molecular weight is 301 g/mol. The SMILES string of the molecule is COCCN(CCOC)C(=O)C(=O)N1CCN(C=O)CC1. The van der Waals surface area contributed by atoms with Crippen LogP contribution in [0.25, 0.3) is 0 Å². The third-order valence-corrected chi connectivity index (χ3v) is 3.35.